The molecular weight excluding hydrogens is 252 g/mol. The standard InChI is InChI=1S/C15H26N4O/c1-12(13-4-3-6-16-11-13)10-15(20)18-7-5-14-17-8-9-19(14)2/h8-9,12-13,16H,3-7,10-11H2,1-2H3,(H,18,20). The number of aromatic nitrogens is 2. The van der Waals surface area contributed by atoms with Crippen molar-refractivity contribution in [1.82, 2.24) is 20.2 Å². The number of nitrogens with zero attached hydrogens (tertiary/aromatic N) is 2. The molecule has 2 rings (SSSR count). The van der Waals surface area contributed by atoms with Crippen LogP contribution in [0.1, 0.15) is 32.0 Å². The third kappa shape index (κ3) is 4.34. The first-order valence-corrected chi connectivity index (χ1v) is 7.60. The molecule has 0 bridgehead atoms. The topological polar surface area (TPSA) is 59.0 Å². The van der Waals surface area contributed by atoms with Gasteiger partial charge in [-0.2, -0.15) is 0 Å². The lowest BCUT2D eigenvalue weighted by Gasteiger charge is -2.28. The van der Waals surface area contributed by atoms with Crippen LogP contribution in [-0.2, 0) is 18.3 Å². The van der Waals surface area contributed by atoms with Crippen molar-refractivity contribution in [1.29, 1.82) is 0 Å². The van der Waals surface area contributed by atoms with Gasteiger partial charge in [-0.15, -0.1) is 0 Å². The second-order valence-corrected chi connectivity index (χ2v) is 5.84. The molecule has 112 valence electrons. The Bertz CT molecular complexity index is 423. The lowest BCUT2D eigenvalue weighted by atomic mass is 9.85. The molecule has 2 unspecified atom stereocenters. The van der Waals surface area contributed by atoms with Gasteiger partial charge in [0.2, 0.25) is 5.91 Å². The van der Waals surface area contributed by atoms with E-state index in [2.05, 4.69) is 22.5 Å². The maximum atomic E-state index is 12.0. The van der Waals surface area contributed by atoms with Crippen LogP contribution in [0.4, 0.5) is 0 Å². The second-order valence-electron chi connectivity index (χ2n) is 5.84. The van der Waals surface area contributed by atoms with E-state index in [9.17, 15) is 4.79 Å². The molecule has 0 aliphatic carbocycles. The van der Waals surface area contributed by atoms with Crippen molar-refractivity contribution < 1.29 is 4.79 Å². The molecule has 0 spiro atoms. The Morgan fingerprint density at radius 2 is 2.50 bits per heavy atom. The lowest BCUT2D eigenvalue weighted by molar-refractivity contribution is -0.122. The van der Waals surface area contributed by atoms with E-state index >= 15 is 0 Å². The summed E-state index contributed by atoms with van der Waals surface area (Å²) < 4.78 is 1.99. The van der Waals surface area contributed by atoms with Gasteiger partial charge in [0.05, 0.1) is 0 Å². The number of piperidine rings is 1. The van der Waals surface area contributed by atoms with Crippen LogP contribution < -0.4 is 10.6 Å². The van der Waals surface area contributed by atoms with Gasteiger partial charge in [0, 0.05) is 38.8 Å². The van der Waals surface area contributed by atoms with Crippen LogP contribution in [-0.4, -0.2) is 35.1 Å². The lowest BCUT2D eigenvalue weighted by Crippen LogP contribution is -2.36. The maximum absolute atomic E-state index is 12.0. The van der Waals surface area contributed by atoms with Crippen LogP contribution in [0.5, 0.6) is 0 Å². The largest absolute Gasteiger partial charge is 0.356 e. The van der Waals surface area contributed by atoms with Gasteiger partial charge in [0.15, 0.2) is 0 Å². The molecule has 1 aliphatic heterocycles. The van der Waals surface area contributed by atoms with Gasteiger partial charge >= 0.3 is 0 Å². The summed E-state index contributed by atoms with van der Waals surface area (Å²) in [7, 11) is 1.97. The Morgan fingerprint density at radius 1 is 1.65 bits per heavy atom. The monoisotopic (exact) mass is 278 g/mol. The van der Waals surface area contributed by atoms with Gasteiger partial charge in [-0.25, -0.2) is 4.98 Å². The Balaban J connectivity index is 1.65. The number of imidazole rings is 1. The summed E-state index contributed by atoms with van der Waals surface area (Å²) in [6.07, 6.45) is 7.61. The third-order valence-electron chi connectivity index (χ3n) is 4.24. The first-order chi connectivity index (χ1) is 9.66. The molecule has 5 heteroatoms. The molecule has 1 fully saturated rings. The summed E-state index contributed by atoms with van der Waals surface area (Å²) in [5.74, 6) is 2.27. The van der Waals surface area contributed by atoms with E-state index in [1.807, 2.05) is 17.8 Å². The van der Waals surface area contributed by atoms with Crippen molar-refractivity contribution in [3.05, 3.63) is 18.2 Å². The number of hydrogen-bond acceptors (Lipinski definition) is 3. The second kappa shape index (κ2) is 7.43. The minimum atomic E-state index is 0.164. The third-order valence-corrected chi connectivity index (χ3v) is 4.24. The van der Waals surface area contributed by atoms with E-state index in [0.717, 1.165) is 25.3 Å². The highest BCUT2D eigenvalue weighted by Crippen LogP contribution is 2.22. The summed E-state index contributed by atoms with van der Waals surface area (Å²) in [6.45, 7) is 5.04. The van der Waals surface area contributed by atoms with E-state index in [1.54, 1.807) is 6.20 Å². The fourth-order valence-electron chi connectivity index (χ4n) is 2.85. The van der Waals surface area contributed by atoms with Gasteiger partial charge < -0.3 is 15.2 Å². The van der Waals surface area contributed by atoms with E-state index in [0.29, 0.717) is 24.8 Å². The molecule has 1 saturated heterocycles. The van der Waals surface area contributed by atoms with Crippen LogP contribution in [0.15, 0.2) is 12.4 Å². The maximum Gasteiger partial charge on any atom is 0.220 e. The average molecular weight is 278 g/mol. The van der Waals surface area contributed by atoms with Gasteiger partial charge in [-0.1, -0.05) is 6.92 Å². The first kappa shape index (κ1) is 15.0. The molecule has 0 radical (unpaired) electrons. The summed E-state index contributed by atoms with van der Waals surface area (Å²) in [6, 6.07) is 0. The van der Waals surface area contributed by atoms with Gasteiger partial charge in [0.1, 0.15) is 5.82 Å². The van der Waals surface area contributed by atoms with Crippen LogP contribution in [0.3, 0.4) is 0 Å². The van der Waals surface area contributed by atoms with Crippen molar-refractivity contribution in [3.63, 3.8) is 0 Å². The Kier molecular flexibility index (Phi) is 5.59. The molecule has 1 aliphatic rings. The molecule has 0 saturated carbocycles. The number of hydrogen-bond donors (Lipinski definition) is 2. The number of nitrogens with one attached hydrogen (secondary N) is 2. The predicted molar refractivity (Wildman–Crippen MR) is 79.3 cm³/mol. The number of carbonyl (C=O) groups excluding carboxylic acids is 1. The minimum Gasteiger partial charge on any atom is -0.356 e. The Morgan fingerprint density at radius 3 is 3.15 bits per heavy atom. The molecule has 1 aromatic rings. The predicted octanol–water partition coefficient (Wildman–Crippen LogP) is 1.10. The van der Waals surface area contributed by atoms with Crippen LogP contribution in [0.2, 0.25) is 0 Å². The quantitative estimate of drug-likeness (QED) is 0.819. The number of aryl methyl sites for hydroxylation is 1. The van der Waals surface area contributed by atoms with Crippen molar-refractivity contribution in [3.8, 4) is 0 Å². The molecule has 20 heavy (non-hydrogen) atoms. The fraction of sp³-hybridized carbons (Fsp3) is 0.733. The van der Waals surface area contributed by atoms with Crippen molar-refractivity contribution in [2.24, 2.45) is 18.9 Å². The number of amides is 1. The molecule has 5 nitrogen and oxygen atoms in total. The molecule has 2 heterocycles. The Hall–Kier alpha value is -1.36. The highest BCUT2D eigenvalue weighted by Gasteiger charge is 2.21. The van der Waals surface area contributed by atoms with Crippen LogP contribution in [0.25, 0.3) is 0 Å². The first-order valence-electron chi connectivity index (χ1n) is 7.60. The summed E-state index contributed by atoms with van der Waals surface area (Å²) >= 11 is 0. The molecule has 2 N–H and O–H groups in total. The SMILES string of the molecule is CC(CC(=O)NCCc1nccn1C)C1CCCNC1. The molecular formula is C15H26N4O. The zero-order chi connectivity index (χ0) is 14.4. The van der Waals surface area contributed by atoms with Crippen molar-refractivity contribution in [2.75, 3.05) is 19.6 Å². The minimum absolute atomic E-state index is 0.164. The zero-order valence-corrected chi connectivity index (χ0v) is 12.6. The van der Waals surface area contributed by atoms with E-state index in [1.165, 1.54) is 12.8 Å². The average Bonchev–Trinajstić information content (AvgIpc) is 2.85. The highest BCUT2D eigenvalue weighted by molar-refractivity contribution is 5.76. The molecule has 2 atom stereocenters. The van der Waals surface area contributed by atoms with Gasteiger partial charge in [-0.3, -0.25) is 4.79 Å². The molecule has 0 aromatic carbocycles. The van der Waals surface area contributed by atoms with Crippen molar-refractivity contribution >= 4 is 5.91 Å². The summed E-state index contributed by atoms with van der Waals surface area (Å²) in [4.78, 5) is 16.2. The highest BCUT2D eigenvalue weighted by atomic mass is 16.1. The van der Waals surface area contributed by atoms with Gasteiger partial charge in [-0.05, 0) is 37.8 Å². The van der Waals surface area contributed by atoms with Gasteiger partial charge in [0.25, 0.3) is 0 Å². The normalized spacial score (nSPS) is 20.6. The number of carbonyl (C=O) groups is 1. The summed E-state index contributed by atoms with van der Waals surface area (Å²) in [5.41, 5.74) is 0. The zero-order valence-electron chi connectivity index (χ0n) is 12.6. The van der Waals surface area contributed by atoms with Crippen LogP contribution >= 0.6 is 0 Å². The Labute approximate surface area is 121 Å². The fourth-order valence-corrected chi connectivity index (χ4v) is 2.85. The van der Waals surface area contributed by atoms with E-state index in [4.69, 9.17) is 0 Å². The van der Waals surface area contributed by atoms with Crippen LogP contribution in [0, 0.1) is 11.8 Å². The van der Waals surface area contributed by atoms with E-state index in [-0.39, 0.29) is 5.91 Å². The molecule has 1 aromatic heterocycles. The summed E-state index contributed by atoms with van der Waals surface area (Å²) in [5, 5.41) is 6.42. The number of rotatable bonds is 6. The smallest absolute Gasteiger partial charge is 0.220 e. The van der Waals surface area contributed by atoms with Crippen molar-refractivity contribution in [2.45, 2.75) is 32.6 Å². The van der Waals surface area contributed by atoms with E-state index < -0.39 is 0 Å². The molecule has 1 amide bonds.